The molecular weight excluding hydrogens is 524 g/mol. The van der Waals surface area contributed by atoms with Gasteiger partial charge in [-0.25, -0.2) is 9.97 Å². The number of rotatable bonds is 8. The Hall–Kier alpha value is -3.63. The summed E-state index contributed by atoms with van der Waals surface area (Å²) in [4.78, 5) is 14.3. The molecule has 0 saturated carbocycles. The number of methoxy groups -OCH3 is 1. The summed E-state index contributed by atoms with van der Waals surface area (Å²) in [7, 11) is 3.48. The minimum Gasteiger partial charge on any atom is -0.487 e. The number of hydrogen-bond donors (Lipinski definition) is 1. The molecule has 2 unspecified atom stereocenters. The molecule has 9 nitrogen and oxygen atoms in total. The van der Waals surface area contributed by atoms with Crippen LogP contribution >= 0.6 is 11.8 Å². The Kier molecular flexibility index (Phi) is 11.3. The van der Waals surface area contributed by atoms with Crippen LogP contribution in [0.5, 0.6) is 11.6 Å². The van der Waals surface area contributed by atoms with Gasteiger partial charge < -0.3 is 19.5 Å². The number of thioether (sulfide) groups is 1. The van der Waals surface area contributed by atoms with Gasteiger partial charge in [-0.3, -0.25) is 9.67 Å². The lowest BCUT2D eigenvalue weighted by Crippen LogP contribution is -2.23. The maximum absolute atomic E-state index is 6.56. The van der Waals surface area contributed by atoms with Gasteiger partial charge >= 0.3 is 0 Å². The van der Waals surface area contributed by atoms with Gasteiger partial charge in [-0.2, -0.15) is 0 Å². The van der Waals surface area contributed by atoms with E-state index in [9.17, 15) is 0 Å². The number of aliphatic imine (C=N–C) groups is 1. The molecule has 1 saturated heterocycles. The van der Waals surface area contributed by atoms with E-state index < -0.39 is 0 Å². The molecule has 0 spiro atoms. The van der Waals surface area contributed by atoms with Gasteiger partial charge in [0.1, 0.15) is 24.0 Å². The Morgan fingerprint density at radius 2 is 1.90 bits per heavy atom. The van der Waals surface area contributed by atoms with Gasteiger partial charge in [0, 0.05) is 29.7 Å². The van der Waals surface area contributed by atoms with E-state index >= 15 is 0 Å². The molecule has 40 heavy (non-hydrogen) atoms. The van der Waals surface area contributed by atoms with Crippen LogP contribution in [-0.4, -0.2) is 59.1 Å². The van der Waals surface area contributed by atoms with Gasteiger partial charge in [-0.05, 0) is 48.9 Å². The Morgan fingerprint density at radius 1 is 1.12 bits per heavy atom. The number of hydrogen-bond acceptors (Lipinski definition) is 9. The topological polar surface area (TPSA) is 95.7 Å². The standard InChI is InChI=1S/C26H28N6O3S.2C2H6/c1-15-12-34-13-22(15)35-21-9-16(18-11-32(3)31-26(18)33-4)8-20-24(21)25(29-14-28-20)30-17-6-7-19(27-2)23(10-17)36-5;2*1-2/h6-11,14-15,22H,2,12-13H2,1,3-5H3,(H,28,29,30);2*1-2H3. The average molecular weight is 565 g/mol. The lowest BCUT2D eigenvalue weighted by Gasteiger charge is -2.20. The van der Waals surface area contributed by atoms with E-state index in [0.717, 1.165) is 38.3 Å². The Balaban J connectivity index is 0.00000106. The number of benzene rings is 2. The van der Waals surface area contributed by atoms with Crippen molar-refractivity contribution in [2.24, 2.45) is 18.0 Å². The van der Waals surface area contributed by atoms with Crippen LogP contribution in [0, 0.1) is 5.92 Å². The number of nitrogens with zero attached hydrogens (tertiary/aromatic N) is 5. The van der Waals surface area contributed by atoms with Crippen LogP contribution in [0.3, 0.4) is 0 Å². The molecule has 214 valence electrons. The summed E-state index contributed by atoms with van der Waals surface area (Å²) in [5.41, 5.74) is 4.22. The van der Waals surface area contributed by atoms with E-state index in [1.807, 2.05) is 77.5 Å². The quantitative estimate of drug-likeness (QED) is 0.176. The largest absolute Gasteiger partial charge is 0.487 e. The molecule has 1 aliphatic heterocycles. The third-order valence-corrected chi connectivity index (χ3v) is 6.96. The molecule has 2 aromatic carbocycles. The fourth-order valence-electron chi connectivity index (χ4n) is 4.29. The van der Waals surface area contributed by atoms with E-state index in [1.165, 1.54) is 0 Å². The second-order valence-electron chi connectivity index (χ2n) is 8.66. The molecule has 2 atom stereocenters. The van der Waals surface area contributed by atoms with Gasteiger partial charge in [0.2, 0.25) is 5.88 Å². The second kappa shape index (κ2) is 14.7. The molecular formula is C30H40N6O3S. The molecule has 1 aliphatic rings. The van der Waals surface area contributed by atoms with Crippen molar-refractivity contribution < 1.29 is 14.2 Å². The molecule has 5 rings (SSSR count). The first-order valence-corrected chi connectivity index (χ1v) is 14.8. The highest BCUT2D eigenvalue weighted by Gasteiger charge is 2.28. The van der Waals surface area contributed by atoms with Crippen molar-refractivity contribution in [1.82, 2.24) is 19.7 Å². The summed E-state index contributed by atoms with van der Waals surface area (Å²) >= 11 is 1.61. The average Bonchev–Trinajstić information content (AvgIpc) is 3.59. The van der Waals surface area contributed by atoms with Gasteiger partial charge in [-0.15, -0.1) is 16.9 Å². The van der Waals surface area contributed by atoms with Crippen molar-refractivity contribution >= 4 is 46.6 Å². The van der Waals surface area contributed by atoms with Gasteiger partial charge in [-0.1, -0.05) is 34.6 Å². The van der Waals surface area contributed by atoms with Crippen molar-refractivity contribution in [2.45, 2.75) is 45.6 Å². The fourth-order valence-corrected chi connectivity index (χ4v) is 4.88. The zero-order valence-corrected chi connectivity index (χ0v) is 25.5. The molecule has 4 aromatic rings. The predicted molar refractivity (Wildman–Crippen MR) is 166 cm³/mol. The van der Waals surface area contributed by atoms with Crippen LogP contribution in [0.15, 0.2) is 52.7 Å². The number of nitrogens with one attached hydrogen (secondary N) is 1. The molecule has 0 amide bonds. The van der Waals surface area contributed by atoms with Crippen molar-refractivity contribution in [3.63, 3.8) is 0 Å². The summed E-state index contributed by atoms with van der Waals surface area (Å²) < 4.78 is 19.5. The lowest BCUT2D eigenvalue weighted by atomic mass is 10.0. The highest BCUT2D eigenvalue weighted by atomic mass is 32.2. The summed E-state index contributed by atoms with van der Waals surface area (Å²) in [6.07, 6.45) is 5.41. The van der Waals surface area contributed by atoms with E-state index in [2.05, 4.69) is 39.0 Å². The van der Waals surface area contributed by atoms with Crippen LogP contribution in [0.4, 0.5) is 17.2 Å². The predicted octanol–water partition coefficient (Wildman–Crippen LogP) is 7.30. The number of aromatic nitrogens is 4. The van der Waals surface area contributed by atoms with Gasteiger partial charge in [0.05, 0.1) is 42.5 Å². The Morgan fingerprint density at radius 3 is 2.55 bits per heavy atom. The lowest BCUT2D eigenvalue weighted by molar-refractivity contribution is 0.139. The third kappa shape index (κ3) is 6.74. The Bertz CT molecular complexity index is 1420. The van der Waals surface area contributed by atoms with Crippen molar-refractivity contribution in [3.8, 4) is 22.8 Å². The molecule has 1 N–H and O–H groups in total. The third-order valence-electron chi connectivity index (χ3n) is 6.19. The molecule has 0 aliphatic carbocycles. The minimum atomic E-state index is -0.0756. The zero-order chi connectivity index (χ0) is 29.2. The van der Waals surface area contributed by atoms with E-state index in [1.54, 1.807) is 29.9 Å². The minimum absolute atomic E-state index is 0.0756. The first kappa shape index (κ1) is 30.9. The van der Waals surface area contributed by atoms with Crippen LogP contribution in [0.1, 0.15) is 34.6 Å². The SMILES string of the molecule is C=Nc1ccc(Nc2ncnc3cc(-c4cn(C)nc4OC)cc(OC4COCC4C)c23)cc1SC.CC.CC. The number of ether oxygens (including phenoxy) is 3. The van der Waals surface area contributed by atoms with Crippen LogP contribution in [0.25, 0.3) is 22.0 Å². The number of aryl methyl sites for hydroxylation is 1. The van der Waals surface area contributed by atoms with Crippen LogP contribution in [0.2, 0.25) is 0 Å². The van der Waals surface area contributed by atoms with Gasteiger partial charge in [0.15, 0.2) is 0 Å². The molecule has 0 bridgehead atoms. The number of anilines is 2. The van der Waals surface area contributed by atoms with Crippen LogP contribution < -0.4 is 14.8 Å². The molecule has 2 aromatic heterocycles. The summed E-state index contributed by atoms with van der Waals surface area (Å²) in [6, 6.07) is 9.93. The highest BCUT2D eigenvalue weighted by molar-refractivity contribution is 7.98. The smallest absolute Gasteiger partial charge is 0.240 e. The monoisotopic (exact) mass is 564 g/mol. The van der Waals surface area contributed by atoms with E-state index in [4.69, 9.17) is 14.2 Å². The highest BCUT2D eigenvalue weighted by Crippen LogP contribution is 2.40. The maximum Gasteiger partial charge on any atom is 0.240 e. The fraction of sp³-hybridized carbons (Fsp3) is 0.400. The summed E-state index contributed by atoms with van der Waals surface area (Å²) in [6.45, 7) is 15.0. The van der Waals surface area contributed by atoms with Crippen molar-refractivity contribution in [2.75, 3.05) is 31.9 Å². The first-order valence-electron chi connectivity index (χ1n) is 13.5. The Labute approximate surface area is 241 Å². The zero-order valence-electron chi connectivity index (χ0n) is 24.7. The van der Waals surface area contributed by atoms with Crippen molar-refractivity contribution in [3.05, 3.63) is 42.9 Å². The van der Waals surface area contributed by atoms with Crippen molar-refractivity contribution in [1.29, 1.82) is 0 Å². The summed E-state index contributed by atoms with van der Waals surface area (Å²) in [5.74, 6) is 2.13. The maximum atomic E-state index is 6.56. The number of fused-ring (bicyclic) bond motifs is 1. The van der Waals surface area contributed by atoms with E-state index in [-0.39, 0.29) is 12.0 Å². The summed E-state index contributed by atoms with van der Waals surface area (Å²) in [5, 5.41) is 8.66. The normalized spacial score (nSPS) is 15.9. The molecule has 10 heteroatoms. The van der Waals surface area contributed by atoms with Crippen LogP contribution in [-0.2, 0) is 11.8 Å². The first-order chi connectivity index (χ1) is 19.5. The van der Waals surface area contributed by atoms with E-state index in [0.29, 0.717) is 30.7 Å². The molecule has 1 fully saturated rings. The molecule has 0 radical (unpaired) electrons. The molecule has 3 heterocycles. The van der Waals surface area contributed by atoms with Gasteiger partial charge in [0.25, 0.3) is 0 Å². The second-order valence-corrected chi connectivity index (χ2v) is 9.51.